The second-order valence-electron chi connectivity index (χ2n) is 5.75. The van der Waals surface area contributed by atoms with Crippen molar-refractivity contribution in [1.29, 1.82) is 0 Å². The van der Waals surface area contributed by atoms with Gasteiger partial charge in [0.15, 0.2) is 11.9 Å². The highest BCUT2D eigenvalue weighted by molar-refractivity contribution is 6.36. The quantitative estimate of drug-likeness (QED) is 0.501. The number of nitrogens with one attached hydrogen (secondary N) is 1. The molecule has 2 aromatic rings. The maximum Gasteiger partial charge on any atom is 0.338 e. The summed E-state index contributed by atoms with van der Waals surface area (Å²) in [6, 6.07) is 8.01. The van der Waals surface area contributed by atoms with Crippen molar-refractivity contribution in [2.24, 2.45) is 0 Å². The molecule has 0 aliphatic carbocycles. The Morgan fingerprint density at radius 1 is 1.22 bits per heavy atom. The minimum atomic E-state index is -1.04. The van der Waals surface area contributed by atoms with E-state index in [1.807, 2.05) is 0 Å². The molecule has 1 amide bonds. The molecular weight excluding hydrogens is 391 g/mol. The number of unbranched alkanes of at least 4 members (excludes halogenated alkanes) is 1. The van der Waals surface area contributed by atoms with Crippen LogP contribution in [0.5, 0.6) is 5.75 Å². The summed E-state index contributed by atoms with van der Waals surface area (Å²) in [7, 11) is 0. The standard InChI is InChI=1S/C19H20Cl2N2O4/c1-3-4-9-26-15-7-5-13(6-8-15)19(25)27-12(2)18(24)23-17-16(21)10-14(20)11-22-17/h5-8,10-12H,3-4,9H2,1-2H3,(H,22,23,24)/t12-/m0/s1. The van der Waals surface area contributed by atoms with E-state index in [1.54, 1.807) is 24.3 Å². The van der Waals surface area contributed by atoms with Crippen LogP contribution in [0.2, 0.25) is 10.0 Å². The Kier molecular flexibility index (Phi) is 7.88. The summed E-state index contributed by atoms with van der Waals surface area (Å²) in [5, 5.41) is 3.03. The number of anilines is 1. The Morgan fingerprint density at radius 3 is 2.56 bits per heavy atom. The number of aromatic nitrogens is 1. The SMILES string of the molecule is CCCCOc1ccc(C(=O)O[C@@H](C)C(=O)Nc2ncc(Cl)cc2Cl)cc1. The molecule has 0 spiro atoms. The molecule has 144 valence electrons. The Morgan fingerprint density at radius 2 is 1.93 bits per heavy atom. The Hall–Kier alpha value is -2.31. The lowest BCUT2D eigenvalue weighted by Crippen LogP contribution is -2.30. The van der Waals surface area contributed by atoms with E-state index in [0.29, 0.717) is 22.9 Å². The number of pyridine rings is 1. The molecule has 1 heterocycles. The molecule has 0 aliphatic rings. The maximum atomic E-state index is 12.2. The van der Waals surface area contributed by atoms with Gasteiger partial charge in [0.2, 0.25) is 0 Å². The highest BCUT2D eigenvalue weighted by Gasteiger charge is 2.20. The van der Waals surface area contributed by atoms with Crippen LogP contribution < -0.4 is 10.1 Å². The van der Waals surface area contributed by atoms with Gasteiger partial charge in [-0.1, -0.05) is 36.5 Å². The first-order valence-corrected chi connectivity index (χ1v) is 9.22. The van der Waals surface area contributed by atoms with Gasteiger partial charge >= 0.3 is 5.97 Å². The zero-order valence-electron chi connectivity index (χ0n) is 15.0. The summed E-state index contributed by atoms with van der Waals surface area (Å²) in [4.78, 5) is 28.3. The average molecular weight is 411 g/mol. The zero-order valence-corrected chi connectivity index (χ0v) is 16.5. The van der Waals surface area contributed by atoms with E-state index in [0.717, 1.165) is 12.8 Å². The second kappa shape index (κ2) is 10.1. The second-order valence-corrected chi connectivity index (χ2v) is 6.59. The highest BCUT2D eigenvalue weighted by atomic mass is 35.5. The van der Waals surface area contributed by atoms with Gasteiger partial charge in [-0.25, -0.2) is 9.78 Å². The molecule has 8 heteroatoms. The van der Waals surface area contributed by atoms with Crippen molar-refractivity contribution < 1.29 is 19.1 Å². The van der Waals surface area contributed by atoms with Crippen molar-refractivity contribution in [2.75, 3.05) is 11.9 Å². The molecule has 0 radical (unpaired) electrons. The Bertz CT molecular complexity index is 797. The van der Waals surface area contributed by atoms with Crippen LogP contribution in [0.4, 0.5) is 5.82 Å². The monoisotopic (exact) mass is 410 g/mol. The summed E-state index contributed by atoms with van der Waals surface area (Å²) in [5.41, 5.74) is 0.320. The van der Waals surface area contributed by atoms with Crippen molar-refractivity contribution in [1.82, 2.24) is 4.98 Å². The van der Waals surface area contributed by atoms with Crippen LogP contribution in [0.25, 0.3) is 0 Å². The predicted molar refractivity (Wildman–Crippen MR) is 105 cm³/mol. The molecule has 27 heavy (non-hydrogen) atoms. The van der Waals surface area contributed by atoms with Gasteiger partial charge < -0.3 is 14.8 Å². The van der Waals surface area contributed by atoms with Gasteiger partial charge in [0.25, 0.3) is 5.91 Å². The lowest BCUT2D eigenvalue weighted by Gasteiger charge is -2.14. The summed E-state index contributed by atoms with van der Waals surface area (Å²) in [6.07, 6.45) is 2.32. The molecule has 1 aromatic carbocycles. The Labute approximate surface area is 167 Å². The van der Waals surface area contributed by atoms with Crippen molar-refractivity contribution in [3.63, 3.8) is 0 Å². The molecule has 0 bridgehead atoms. The average Bonchev–Trinajstić information content (AvgIpc) is 2.64. The summed E-state index contributed by atoms with van der Waals surface area (Å²) in [6.45, 7) is 4.16. The van der Waals surface area contributed by atoms with E-state index >= 15 is 0 Å². The molecule has 6 nitrogen and oxygen atoms in total. The third-order valence-electron chi connectivity index (χ3n) is 3.56. The first-order chi connectivity index (χ1) is 12.9. The zero-order chi connectivity index (χ0) is 19.8. The number of hydrogen-bond acceptors (Lipinski definition) is 5. The fraction of sp³-hybridized carbons (Fsp3) is 0.316. The van der Waals surface area contributed by atoms with Crippen LogP contribution in [-0.4, -0.2) is 29.6 Å². The van der Waals surface area contributed by atoms with Crippen molar-refractivity contribution in [3.05, 3.63) is 52.1 Å². The number of benzene rings is 1. The third kappa shape index (κ3) is 6.41. The number of halogens is 2. The molecule has 1 aromatic heterocycles. The molecular formula is C19H20Cl2N2O4. The van der Waals surface area contributed by atoms with Gasteiger partial charge in [0.1, 0.15) is 5.75 Å². The van der Waals surface area contributed by atoms with Crippen molar-refractivity contribution in [2.45, 2.75) is 32.8 Å². The fourth-order valence-electron chi connectivity index (χ4n) is 2.03. The topological polar surface area (TPSA) is 77.5 Å². The van der Waals surface area contributed by atoms with Gasteiger partial charge in [0, 0.05) is 6.20 Å². The van der Waals surface area contributed by atoms with Gasteiger partial charge in [0.05, 0.1) is 22.2 Å². The molecule has 2 rings (SSSR count). The summed E-state index contributed by atoms with van der Waals surface area (Å²) in [5.74, 6) is -0.357. The molecule has 0 aliphatic heterocycles. The molecule has 1 atom stereocenters. The molecule has 1 N–H and O–H groups in total. The Balaban J connectivity index is 1.91. The van der Waals surface area contributed by atoms with E-state index < -0.39 is 18.0 Å². The van der Waals surface area contributed by atoms with E-state index in [2.05, 4.69) is 17.2 Å². The minimum Gasteiger partial charge on any atom is -0.494 e. The van der Waals surface area contributed by atoms with E-state index in [-0.39, 0.29) is 10.8 Å². The number of esters is 1. The van der Waals surface area contributed by atoms with Crippen LogP contribution in [0.1, 0.15) is 37.0 Å². The molecule has 0 saturated heterocycles. The van der Waals surface area contributed by atoms with Crippen LogP contribution >= 0.6 is 23.2 Å². The van der Waals surface area contributed by atoms with Crippen LogP contribution in [-0.2, 0) is 9.53 Å². The first-order valence-electron chi connectivity index (χ1n) is 8.46. The smallest absolute Gasteiger partial charge is 0.338 e. The van der Waals surface area contributed by atoms with Crippen molar-refractivity contribution >= 4 is 40.9 Å². The highest BCUT2D eigenvalue weighted by Crippen LogP contribution is 2.22. The van der Waals surface area contributed by atoms with Crippen LogP contribution in [0, 0.1) is 0 Å². The number of rotatable bonds is 8. The van der Waals surface area contributed by atoms with Gasteiger partial charge in [-0.15, -0.1) is 0 Å². The summed E-state index contributed by atoms with van der Waals surface area (Å²) >= 11 is 11.7. The fourth-order valence-corrected chi connectivity index (χ4v) is 2.46. The number of amides is 1. The molecule has 0 unspecified atom stereocenters. The van der Waals surface area contributed by atoms with E-state index in [4.69, 9.17) is 32.7 Å². The lowest BCUT2D eigenvalue weighted by atomic mass is 10.2. The largest absolute Gasteiger partial charge is 0.494 e. The normalized spacial score (nSPS) is 11.6. The van der Waals surface area contributed by atoms with Crippen molar-refractivity contribution in [3.8, 4) is 5.75 Å². The maximum absolute atomic E-state index is 12.2. The molecule has 0 fully saturated rings. The lowest BCUT2D eigenvalue weighted by molar-refractivity contribution is -0.123. The van der Waals surface area contributed by atoms with E-state index in [1.165, 1.54) is 19.2 Å². The minimum absolute atomic E-state index is 0.141. The summed E-state index contributed by atoms with van der Waals surface area (Å²) < 4.78 is 10.7. The number of carbonyl (C=O) groups is 2. The predicted octanol–water partition coefficient (Wildman–Crippen LogP) is 4.75. The van der Waals surface area contributed by atoms with Crippen LogP contribution in [0.15, 0.2) is 36.5 Å². The third-order valence-corrected chi connectivity index (χ3v) is 4.05. The number of hydrogen-bond donors (Lipinski definition) is 1. The van der Waals surface area contributed by atoms with Gasteiger partial charge in [-0.05, 0) is 43.7 Å². The first kappa shape index (κ1) is 21.0. The van der Waals surface area contributed by atoms with Crippen LogP contribution in [0.3, 0.4) is 0 Å². The molecule has 0 saturated carbocycles. The number of ether oxygens (including phenoxy) is 2. The van der Waals surface area contributed by atoms with E-state index in [9.17, 15) is 9.59 Å². The van der Waals surface area contributed by atoms with Gasteiger partial charge in [-0.2, -0.15) is 0 Å². The number of carbonyl (C=O) groups excluding carboxylic acids is 2. The number of nitrogens with zero attached hydrogens (tertiary/aromatic N) is 1. The van der Waals surface area contributed by atoms with Gasteiger partial charge in [-0.3, -0.25) is 4.79 Å².